The Balaban J connectivity index is 3.43. The topological polar surface area (TPSA) is 54.4 Å². The second-order valence-corrected chi connectivity index (χ2v) is 4.00. The van der Waals surface area contributed by atoms with E-state index in [9.17, 15) is 25.5 Å². The van der Waals surface area contributed by atoms with Gasteiger partial charge < -0.3 is 5.11 Å². The molecule has 8 heteroatoms. The Labute approximate surface area is 82.2 Å². The molecule has 0 aliphatic heterocycles. The Morgan fingerprint density at radius 3 is 2.07 bits per heavy atom. The molecule has 0 radical (unpaired) electrons. The zero-order valence-electron chi connectivity index (χ0n) is 6.92. The molecule has 1 aromatic carbocycles. The van der Waals surface area contributed by atoms with Gasteiger partial charge in [-0.3, -0.25) is 0 Å². The van der Waals surface area contributed by atoms with Gasteiger partial charge in [-0.1, -0.05) is 0 Å². The Bertz CT molecular complexity index is 477. The van der Waals surface area contributed by atoms with Gasteiger partial charge >= 0.3 is 16.4 Å². The van der Waals surface area contributed by atoms with Gasteiger partial charge in [-0.15, -0.1) is 3.89 Å². The van der Waals surface area contributed by atoms with Crippen LogP contribution in [0, 0.1) is 0 Å². The van der Waals surface area contributed by atoms with Crippen molar-refractivity contribution in [1.82, 2.24) is 0 Å². The normalized spacial score (nSPS) is 12.8. The van der Waals surface area contributed by atoms with E-state index in [1.165, 1.54) is 0 Å². The predicted octanol–water partition coefficient (Wildman–Crippen LogP) is 2.07. The summed E-state index contributed by atoms with van der Waals surface area (Å²) in [6, 6.07) is 0.800. The van der Waals surface area contributed by atoms with Crippen LogP contribution in [0.2, 0.25) is 0 Å². The fourth-order valence-corrected chi connectivity index (χ4v) is 1.42. The fourth-order valence-electron chi connectivity index (χ4n) is 0.888. The van der Waals surface area contributed by atoms with E-state index < -0.39 is 32.6 Å². The molecule has 0 atom stereocenters. The van der Waals surface area contributed by atoms with Crippen LogP contribution in [-0.2, 0) is 16.4 Å². The summed E-state index contributed by atoms with van der Waals surface area (Å²) >= 11 is 0. The van der Waals surface area contributed by atoms with Crippen LogP contribution in [0.3, 0.4) is 0 Å². The summed E-state index contributed by atoms with van der Waals surface area (Å²) in [4.78, 5) is -1.23. The highest BCUT2D eigenvalue weighted by Crippen LogP contribution is 2.33. The molecule has 0 amide bonds. The standard InChI is InChI=1S/C7H4F4O3S/c8-7(9,10)4-1-5(12)3-6(2-4)15(11,13)14/h1-3,12H. The third-order valence-corrected chi connectivity index (χ3v) is 2.30. The number of alkyl halides is 3. The minimum absolute atomic E-state index is 0.106. The van der Waals surface area contributed by atoms with Gasteiger partial charge in [-0.05, 0) is 12.1 Å². The molecule has 0 spiro atoms. The molecule has 0 unspecified atom stereocenters. The summed E-state index contributed by atoms with van der Waals surface area (Å²) in [7, 11) is -5.27. The molecule has 0 heterocycles. The highest BCUT2D eigenvalue weighted by molar-refractivity contribution is 7.86. The Morgan fingerprint density at radius 1 is 1.13 bits per heavy atom. The van der Waals surface area contributed by atoms with Gasteiger partial charge in [0, 0.05) is 6.07 Å². The number of aromatic hydroxyl groups is 1. The SMILES string of the molecule is O=S(=O)(F)c1cc(O)cc(C(F)(F)F)c1. The van der Waals surface area contributed by atoms with Gasteiger partial charge in [0.1, 0.15) is 10.6 Å². The Kier molecular flexibility index (Phi) is 2.64. The van der Waals surface area contributed by atoms with Crippen molar-refractivity contribution in [2.24, 2.45) is 0 Å². The molecule has 84 valence electrons. The van der Waals surface area contributed by atoms with E-state index in [-0.39, 0.29) is 6.07 Å². The lowest BCUT2D eigenvalue weighted by molar-refractivity contribution is -0.137. The molecule has 1 N–H and O–H groups in total. The first-order valence-electron chi connectivity index (χ1n) is 3.46. The molecule has 0 fully saturated rings. The highest BCUT2D eigenvalue weighted by Gasteiger charge is 2.32. The highest BCUT2D eigenvalue weighted by atomic mass is 32.3. The number of phenols is 1. The number of hydrogen-bond acceptors (Lipinski definition) is 3. The lowest BCUT2D eigenvalue weighted by Gasteiger charge is -2.07. The van der Waals surface area contributed by atoms with Crippen LogP contribution < -0.4 is 0 Å². The molecule has 0 saturated heterocycles. The third kappa shape index (κ3) is 2.82. The van der Waals surface area contributed by atoms with Crippen molar-refractivity contribution in [2.75, 3.05) is 0 Å². The number of benzene rings is 1. The number of halogens is 4. The van der Waals surface area contributed by atoms with Gasteiger partial charge in [0.05, 0.1) is 5.56 Å². The summed E-state index contributed by atoms with van der Waals surface area (Å²) in [6.07, 6.45) is -4.85. The van der Waals surface area contributed by atoms with Gasteiger partial charge in [-0.2, -0.15) is 21.6 Å². The van der Waals surface area contributed by atoms with Gasteiger partial charge in [-0.25, -0.2) is 0 Å². The Hall–Kier alpha value is -1.31. The van der Waals surface area contributed by atoms with Crippen molar-refractivity contribution in [1.29, 1.82) is 0 Å². The summed E-state index contributed by atoms with van der Waals surface area (Å²) in [5.74, 6) is -0.971. The van der Waals surface area contributed by atoms with Crippen LogP contribution >= 0.6 is 0 Å². The fraction of sp³-hybridized carbons (Fsp3) is 0.143. The molecule has 1 aromatic rings. The number of rotatable bonds is 1. The molecular weight excluding hydrogens is 240 g/mol. The van der Waals surface area contributed by atoms with Gasteiger partial charge in [0.2, 0.25) is 0 Å². The summed E-state index contributed by atoms with van der Waals surface area (Å²) < 4.78 is 69.3. The number of hydrogen-bond donors (Lipinski definition) is 1. The largest absolute Gasteiger partial charge is 0.508 e. The van der Waals surface area contributed by atoms with Gasteiger partial charge in [0.25, 0.3) is 0 Å². The van der Waals surface area contributed by atoms with Crippen molar-refractivity contribution in [2.45, 2.75) is 11.1 Å². The van der Waals surface area contributed by atoms with Crippen LogP contribution in [0.15, 0.2) is 23.1 Å². The maximum absolute atomic E-state index is 12.4. The Morgan fingerprint density at radius 2 is 1.67 bits per heavy atom. The quantitative estimate of drug-likeness (QED) is 0.607. The smallest absolute Gasteiger partial charge is 0.416 e. The second-order valence-electron chi connectivity index (χ2n) is 2.65. The van der Waals surface area contributed by atoms with Crippen LogP contribution in [0.5, 0.6) is 5.75 Å². The minimum atomic E-state index is -5.27. The molecule has 15 heavy (non-hydrogen) atoms. The molecule has 0 aromatic heterocycles. The number of phenolic OH excluding ortho intramolecular Hbond substituents is 1. The average molecular weight is 244 g/mol. The van der Waals surface area contributed by atoms with Crippen molar-refractivity contribution < 1.29 is 30.6 Å². The summed E-state index contributed by atoms with van der Waals surface area (Å²) in [6.45, 7) is 0. The van der Waals surface area contributed by atoms with Crippen molar-refractivity contribution in [3.63, 3.8) is 0 Å². The molecule has 0 bridgehead atoms. The van der Waals surface area contributed by atoms with E-state index in [2.05, 4.69) is 0 Å². The molecule has 0 aliphatic rings. The van der Waals surface area contributed by atoms with E-state index in [4.69, 9.17) is 5.11 Å². The molecule has 0 saturated carbocycles. The van der Waals surface area contributed by atoms with Crippen molar-refractivity contribution in [3.8, 4) is 5.75 Å². The molecular formula is C7H4F4O3S. The summed E-state index contributed by atoms with van der Waals surface area (Å²) in [5.41, 5.74) is -1.43. The predicted molar refractivity (Wildman–Crippen MR) is 41.4 cm³/mol. The van der Waals surface area contributed by atoms with Crippen LogP contribution in [-0.4, -0.2) is 13.5 Å². The third-order valence-electron chi connectivity index (χ3n) is 1.50. The average Bonchev–Trinajstić information content (AvgIpc) is 1.99. The molecule has 3 nitrogen and oxygen atoms in total. The lowest BCUT2D eigenvalue weighted by Crippen LogP contribution is -2.06. The van der Waals surface area contributed by atoms with E-state index in [0.717, 1.165) is 0 Å². The first kappa shape index (κ1) is 11.8. The first-order valence-corrected chi connectivity index (χ1v) is 4.85. The van der Waals surface area contributed by atoms with E-state index in [1.807, 2.05) is 0 Å². The van der Waals surface area contributed by atoms with Gasteiger partial charge in [0.15, 0.2) is 0 Å². The monoisotopic (exact) mass is 244 g/mol. The molecule has 0 aliphatic carbocycles. The second kappa shape index (κ2) is 3.37. The van der Waals surface area contributed by atoms with E-state index >= 15 is 0 Å². The van der Waals surface area contributed by atoms with E-state index in [0.29, 0.717) is 12.1 Å². The maximum Gasteiger partial charge on any atom is 0.416 e. The van der Waals surface area contributed by atoms with E-state index in [1.54, 1.807) is 0 Å². The summed E-state index contributed by atoms with van der Waals surface area (Å²) in [5, 5.41) is 8.79. The van der Waals surface area contributed by atoms with Crippen LogP contribution in [0.25, 0.3) is 0 Å². The minimum Gasteiger partial charge on any atom is -0.508 e. The molecule has 1 rings (SSSR count). The van der Waals surface area contributed by atoms with Crippen molar-refractivity contribution >= 4 is 10.2 Å². The lowest BCUT2D eigenvalue weighted by atomic mass is 10.2. The van der Waals surface area contributed by atoms with Crippen molar-refractivity contribution in [3.05, 3.63) is 23.8 Å². The maximum atomic E-state index is 12.4. The first-order chi connectivity index (χ1) is 6.60. The van der Waals surface area contributed by atoms with Crippen LogP contribution in [0.4, 0.5) is 17.1 Å². The zero-order chi connectivity index (χ0) is 11.9. The van der Waals surface area contributed by atoms with Crippen LogP contribution in [0.1, 0.15) is 5.56 Å². The zero-order valence-corrected chi connectivity index (χ0v) is 7.73.